The van der Waals surface area contributed by atoms with Gasteiger partial charge in [-0.25, -0.2) is 4.98 Å². The lowest BCUT2D eigenvalue weighted by atomic mass is 9.96. The maximum atomic E-state index is 9.37. The Morgan fingerprint density at radius 1 is 1.00 bits per heavy atom. The third-order valence-corrected chi connectivity index (χ3v) is 3.36. The van der Waals surface area contributed by atoms with Crippen molar-refractivity contribution in [2.24, 2.45) is 0 Å². The Bertz CT molecular complexity index is 802. The van der Waals surface area contributed by atoms with E-state index in [2.05, 4.69) is 11.1 Å². The van der Waals surface area contributed by atoms with Crippen LogP contribution in [0.25, 0.3) is 10.9 Å². The maximum Gasteiger partial charge on any atom is 0.142 e. The molecule has 3 heteroatoms. The predicted molar refractivity (Wildman–Crippen MR) is 80.1 cm³/mol. The van der Waals surface area contributed by atoms with Gasteiger partial charge in [-0.1, -0.05) is 48.5 Å². The zero-order valence-electron chi connectivity index (χ0n) is 10.9. The van der Waals surface area contributed by atoms with E-state index in [-0.39, 0.29) is 0 Å². The minimum atomic E-state index is 0.303. The molecule has 0 amide bonds. The Kier molecular flexibility index (Phi) is 3.06. The van der Waals surface area contributed by atoms with E-state index in [9.17, 15) is 5.26 Å². The van der Waals surface area contributed by atoms with Gasteiger partial charge >= 0.3 is 0 Å². The van der Waals surface area contributed by atoms with E-state index in [1.807, 2.05) is 54.6 Å². The number of anilines is 1. The molecule has 0 saturated carbocycles. The zero-order valence-corrected chi connectivity index (χ0v) is 10.9. The van der Waals surface area contributed by atoms with Crippen LogP contribution >= 0.6 is 0 Å². The first kappa shape index (κ1) is 12.2. The molecule has 0 aliphatic carbocycles. The van der Waals surface area contributed by atoms with Gasteiger partial charge in [0.1, 0.15) is 11.9 Å². The van der Waals surface area contributed by atoms with Crippen LogP contribution < -0.4 is 5.73 Å². The van der Waals surface area contributed by atoms with Crippen molar-refractivity contribution in [3.05, 3.63) is 71.3 Å². The van der Waals surface area contributed by atoms with Gasteiger partial charge in [0, 0.05) is 5.39 Å². The molecule has 2 aromatic carbocycles. The molecule has 3 nitrogen and oxygen atoms in total. The number of fused-ring (bicyclic) bond motifs is 1. The van der Waals surface area contributed by atoms with Gasteiger partial charge in [0.15, 0.2) is 0 Å². The first-order valence-corrected chi connectivity index (χ1v) is 6.40. The summed E-state index contributed by atoms with van der Waals surface area (Å²) in [6.07, 6.45) is 0.678. The number of hydrogen-bond donors (Lipinski definition) is 1. The van der Waals surface area contributed by atoms with E-state index in [1.165, 1.54) is 0 Å². The summed E-state index contributed by atoms with van der Waals surface area (Å²) in [5.41, 5.74) is 9.32. The number of nitrogen functional groups attached to an aromatic ring is 1. The largest absolute Gasteiger partial charge is 0.383 e. The van der Waals surface area contributed by atoms with Gasteiger partial charge in [-0.05, 0) is 23.6 Å². The van der Waals surface area contributed by atoms with Crippen molar-refractivity contribution in [1.82, 2.24) is 4.98 Å². The third-order valence-electron chi connectivity index (χ3n) is 3.36. The molecule has 0 saturated heterocycles. The van der Waals surface area contributed by atoms with Crippen LogP contribution in [-0.2, 0) is 6.42 Å². The van der Waals surface area contributed by atoms with Gasteiger partial charge in [-0.3, -0.25) is 0 Å². The summed E-state index contributed by atoms with van der Waals surface area (Å²) in [7, 11) is 0. The van der Waals surface area contributed by atoms with E-state index in [0.717, 1.165) is 22.0 Å². The van der Waals surface area contributed by atoms with Gasteiger partial charge < -0.3 is 5.73 Å². The second kappa shape index (κ2) is 5.02. The molecule has 20 heavy (non-hydrogen) atoms. The van der Waals surface area contributed by atoms with Crippen molar-refractivity contribution in [2.75, 3.05) is 5.73 Å². The molecule has 1 heterocycles. The Morgan fingerprint density at radius 2 is 1.70 bits per heavy atom. The van der Waals surface area contributed by atoms with Crippen LogP contribution in [0.5, 0.6) is 0 Å². The molecule has 0 unspecified atom stereocenters. The fourth-order valence-corrected chi connectivity index (χ4v) is 2.41. The van der Waals surface area contributed by atoms with Crippen molar-refractivity contribution in [3.8, 4) is 6.07 Å². The van der Waals surface area contributed by atoms with Crippen molar-refractivity contribution in [1.29, 1.82) is 5.26 Å². The van der Waals surface area contributed by atoms with Crippen LogP contribution in [0.1, 0.15) is 16.7 Å². The van der Waals surface area contributed by atoms with Crippen LogP contribution in [0.2, 0.25) is 0 Å². The smallest absolute Gasteiger partial charge is 0.142 e. The zero-order chi connectivity index (χ0) is 13.9. The van der Waals surface area contributed by atoms with Gasteiger partial charge in [-0.15, -0.1) is 0 Å². The summed E-state index contributed by atoms with van der Waals surface area (Å²) in [6, 6.07) is 20.0. The van der Waals surface area contributed by atoms with Crippen molar-refractivity contribution in [2.45, 2.75) is 6.42 Å². The van der Waals surface area contributed by atoms with E-state index in [1.54, 1.807) is 0 Å². The predicted octanol–water partition coefficient (Wildman–Crippen LogP) is 3.28. The Hall–Kier alpha value is -2.86. The monoisotopic (exact) mass is 259 g/mol. The highest BCUT2D eigenvalue weighted by Crippen LogP contribution is 2.26. The maximum absolute atomic E-state index is 9.37. The van der Waals surface area contributed by atoms with Crippen LogP contribution in [0, 0.1) is 11.3 Å². The molecule has 1 aromatic heterocycles. The second-order valence-electron chi connectivity index (χ2n) is 4.64. The third kappa shape index (κ3) is 2.08. The number of benzene rings is 2. The molecule has 0 fully saturated rings. The second-order valence-corrected chi connectivity index (χ2v) is 4.64. The average Bonchev–Trinajstić information content (AvgIpc) is 2.48. The molecular weight excluding hydrogens is 246 g/mol. The minimum Gasteiger partial charge on any atom is -0.383 e. The number of para-hydroxylation sites is 1. The number of nitrogens with two attached hydrogens (primary N) is 1. The van der Waals surface area contributed by atoms with E-state index < -0.39 is 0 Å². The summed E-state index contributed by atoms with van der Waals surface area (Å²) < 4.78 is 0. The SMILES string of the molecule is N#Cc1c(N)nc2ccccc2c1Cc1ccccc1. The average molecular weight is 259 g/mol. The molecule has 0 aliphatic rings. The summed E-state index contributed by atoms with van der Waals surface area (Å²) in [5.74, 6) is 0.303. The first-order chi connectivity index (χ1) is 9.79. The molecule has 96 valence electrons. The fraction of sp³-hybridized carbons (Fsp3) is 0.0588. The summed E-state index contributed by atoms with van der Waals surface area (Å²) in [6.45, 7) is 0. The van der Waals surface area contributed by atoms with Crippen LogP contribution in [-0.4, -0.2) is 4.98 Å². The highest BCUT2D eigenvalue weighted by atomic mass is 14.8. The lowest BCUT2D eigenvalue weighted by Gasteiger charge is -2.10. The highest BCUT2D eigenvalue weighted by molar-refractivity contribution is 5.87. The van der Waals surface area contributed by atoms with Crippen molar-refractivity contribution in [3.63, 3.8) is 0 Å². The minimum absolute atomic E-state index is 0.303. The van der Waals surface area contributed by atoms with Crippen LogP contribution in [0.15, 0.2) is 54.6 Å². The van der Waals surface area contributed by atoms with Crippen LogP contribution in [0.3, 0.4) is 0 Å². The van der Waals surface area contributed by atoms with Crippen LogP contribution in [0.4, 0.5) is 5.82 Å². The van der Waals surface area contributed by atoms with Gasteiger partial charge in [0.05, 0.1) is 11.1 Å². The number of nitrogens with zero attached hydrogens (tertiary/aromatic N) is 2. The molecule has 0 bridgehead atoms. The van der Waals surface area contributed by atoms with Gasteiger partial charge in [0.2, 0.25) is 0 Å². The number of pyridine rings is 1. The quantitative estimate of drug-likeness (QED) is 0.768. The van der Waals surface area contributed by atoms with Gasteiger partial charge in [-0.2, -0.15) is 5.26 Å². The number of aromatic nitrogens is 1. The van der Waals surface area contributed by atoms with E-state index >= 15 is 0 Å². The topological polar surface area (TPSA) is 62.7 Å². The molecule has 0 spiro atoms. The fourth-order valence-electron chi connectivity index (χ4n) is 2.41. The van der Waals surface area contributed by atoms with E-state index in [4.69, 9.17) is 5.73 Å². The lowest BCUT2D eigenvalue weighted by Crippen LogP contribution is -2.02. The summed E-state index contributed by atoms with van der Waals surface area (Å²) in [4.78, 5) is 4.30. The van der Waals surface area contributed by atoms with E-state index in [0.29, 0.717) is 17.8 Å². The Labute approximate surface area is 117 Å². The molecule has 0 aliphatic heterocycles. The standard InChI is InChI=1S/C17H13N3/c18-11-15-14(10-12-6-2-1-3-7-12)13-8-4-5-9-16(13)20-17(15)19/h1-9H,10H2,(H2,19,20). The molecule has 0 atom stereocenters. The molecular formula is C17H13N3. The normalized spacial score (nSPS) is 10.3. The number of nitriles is 1. The summed E-state index contributed by atoms with van der Waals surface area (Å²) >= 11 is 0. The molecule has 2 N–H and O–H groups in total. The van der Waals surface area contributed by atoms with Crippen molar-refractivity contribution < 1.29 is 0 Å². The number of rotatable bonds is 2. The van der Waals surface area contributed by atoms with Crippen molar-refractivity contribution >= 4 is 16.7 Å². The molecule has 0 radical (unpaired) electrons. The Morgan fingerprint density at radius 3 is 2.45 bits per heavy atom. The molecule has 3 aromatic rings. The number of hydrogen-bond acceptors (Lipinski definition) is 3. The first-order valence-electron chi connectivity index (χ1n) is 6.40. The molecule has 3 rings (SSSR count). The summed E-state index contributed by atoms with van der Waals surface area (Å²) in [5, 5.41) is 10.4. The van der Waals surface area contributed by atoms with Gasteiger partial charge in [0.25, 0.3) is 0 Å². The highest BCUT2D eigenvalue weighted by Gasteiger charge is 2.13. The Balaban J connectivity index is 2.24. The lowest BCUT2D eigenvalue weighted by molar-refractivity contribution is 1.18.